The van der Waals surface area contributed by atoms with Crippen LogP contribution in [0, 0.1) is 5.92 Å². The molecular weight excluding hydrogens is 184 g/mol. The molecule has 0 saturated heterocycles. The lowest BCUT2D eigenvalue weighted by atomic mass is 9.85. The zero-order chi connectivity index (χ0) is 10.6. The Morgan fingerprint density at radius 3 is 2.64 bits per heavy atom. The monoisotopic (exact) mass is 205 g/mol. The van der Waals surface area contributed by atoms with Crippen LogP contribution in [0.1, 0.15) is 46.0 Å². The van der Waals surface area contributed by atoms with Crippen LogP contribution in [-0.2, 0) is 0 Å². The van der Waals surface area contributed by atoms with Crippen molar-refractivity contribution in [3.05, 3.63) is 0 Å². The summed E-state index contributed by atoms with van der Waals surface area (Å²) in [4.78, 5) is 0. The van der Waals surface area contributed by atoms with Gasteiger partial charge in [0.2, 0.25) is 0 Å². The van der Waals surface area contributed by atoms with Crippen LogP contribution in [0.4, 0.5) is 8.78 Å². The summed E-state index contributed by atoms with van der Waals surface area (Å²) in [6.45, 7) is 4.74. The maximum Gasteiger partial charge on any atom is 0.256 e. The fraction of sp³-hybridized carbons (Fsp3) is 1.00. The van der Waals surface area contributed by atoms with Crippen LogP contribution in [0.15, 0.2) is 0 Å². The molecule has 0 spiro atoms. The van der Waals surface area contributed by atoms with Crippen LogP contribution < -0.4 is 5.32 Å². The predicted molar refractivity (Wildman–Crippen MR) is 54.7 cm³/mol. The van der Waals surface area contributed by atoms with E-state index in [1.165, 1.54) is 0 Å². The predicted octanol–water partition coefficient (Wildman–Crippen LogP) is 3.20. The van der Waals surface area contributed by atoms with Gasteiger partial charge in [0.25, 0.3) is 6.43 Å². The van der Waals surface area contributed by atoms with Crippen molar-refractivity contribution in [1.29, 1.82) is 0 Å². The first-order valence-electron chi connectivity index (χ1n) is 5.70. The minimum Gasteiger partial charge on any atom is -0.306 e. The molecule has 1 nitrogen and oxygen atoms in total. The smallest absolute Gasteiger partial charge is 0.256 e. The van der Waals surface area contributed by atoms with Crippen LogP contribution >= 0.6 is 0 Å². The number of nitrogens with one attached hydrogen (secondary N) is 1. The first-order valence-corrected chi connectivity index (χ1v) is 5.70. The lowest BCUT2D eigenvalue weighted by Crippen LogP contribution is -2.54. The first kappa shape index (κ1) is 11.9. The van der Waals surface area contributed by atoms with Crippen molar-refractivity contribution in [3.63, 3.8) is 0 Å². The van der Waals surface area contributed by atoms with E-state index in [0.29, 0.717) is 13.0 Å². The van der Waals surface area contributed by atoms with Crippen molar-refractivity contribution in [3.8, 4) is 0 Å². The van der Waals surface area contributed by atoms with Crippen molar-refractivity contribution in [1.82, 2.24) is 5.32 Å². The Bertz CT molecular complexity index is 173. The van der Waals surface area contributed by atoms with Gasteiger partial charge in [-0.3, -0.25) is 0 Å². The van der Waals surface area contributed by atoms with Crippen molar-refractivity contribution in [2.75, 3.05) is 6.54 Å². The molecule has 84 valence electrons. The molecule has 14 heavy (non-hydrogen) atoms. The van der Waals surface area contributed by atoms with Crippen molar-refractivity contribution < 1.29 is 8.78 Å². The second-order valence-electron chi connectivity index (χ2n) is 4.27. The minimum absolute atomic E-state index is 0.161. The fourth-order valence-electron chi connectivity index (χ4n) is 2.63. The van der Waals surface area contributed by atoms with E-state index in [0.717, 1.165) is 25.7 Å². The summed E-state index contributed by atoms with van der Waals surface area (Å²) in [5, 5.41) is 3.10. The van der Waals surface area contributed by atoms with Gasteiger partial charge in [0, 0.05) is 0 Å². The summed E-state index contributed by atoms with van der Waals surface area (Å²) in [6.07, 6.45) is 2.10. The number of alkyl halides is 2. The van der Waals surface area contributed by atoms with Crippen LogP contribution in [0.25, 0.3) is 0 Å². The molecule has 0 aliphatic heterocycles. The van der Waals surface area contributed by atoms with Gasteiger partial charge in [-0.1, -0.05) is 26.7 Å². The molecule has 1 saturated carbocycles. The third kappa shape index (κ3) is 2.08. The lowest BCUT2D eigenvalue weighted by molar-refractivity contribution is 0.00506. The molecule has 2 unspecified atom stereocenters. The van der Waals surface area contributed by atoms with E-state index >= 15 is 0 Å². The zero-order valence-electron chi connectivity index (χ0n) is 9.15. The van der Waals surface area contributed by atoms with Gasteiger partial charge in [-0.05, 0) is 31.7 Å². The van der Waals surface area contributed by atoms with Gasteiger partial charge in [0.1, 0.15) is 0 Å². The van der Waals surface area contributed by atoms with Gasteiger partial charge in [-0.15, -0.1) is 0 Å². The summed E-state index contributed by atoms with van der Waals surface area (Å²) >= 11 is 0. The van der Waals surface area contributed by atoms with Crippen molar-refractivity contribution in [2.45, 2.75) is 57.9 Å². The van der Waals surface area contributed by atoms with Crippen LogP contribution in [0.5, 0.6) is 0 Å². The molecule has 0 amide bonds. The van der Waals surface area contributed by atoms with Gasteiger partial charge in [0.15, 0.2) is 0 Å². The van der Waals surface area contributed by atoms with E-state index in [1.54, 1.807) is 0 Å². The molecule has 0 heterocycles. The molecule has 2 atom stereocenters. The van der Waals surface area contributed by atoms with Gasteiger partial charge in [-0.2, -0.15) is 0 Å². The molecular formula is C11H21F2N. The number of hydrogen-bond donors (Lipinski definition) is 1. The summed E-state index contributed by atoms with van der Waals surface area (Å²) in [5.74, 6) is 0.161. The summed E-state index contributed by atoms with van der Waals surface area (Å²) in [5.41, 5.74) is -0.870. The summed E-state index contributed by atoms with van der Waals surface area (Å²) < 4.78 is 26.2. The molecule has 0 bridgehead atoms. The highest BCUT2D eigenvalue weighted by Crippen LogP contribution is 2.41. The Kier molecular flexibility index (Phi) is 4.30. The molecule has 1 aliphatic carbocycles. The van der Waals surface area contributed by atoms with Gasteiger partial charge < -0.3 is 5.32 Å². The Hall–Kier alpha value is -0.180. The normalized spacial score (nSPS) is 32.8. The third-order valence-corrected chi connectivity index (χ3v) is 3.46. The standard InChI is InChI=1S/C11H21F2N/c1-3-8-14-11(10(12)13)7-5-6-9(11)4-2/h9-10,14H,3-8H2,1-2H3. The van der Waals surface area contributed by atoms with Crippen molar-refractivity contribution >= 4 is 0 Å². The lowest BCUT2D eigenvalue weighted by Gasteiger charge is -2.35. The van der Waals surface area contributed by atoms with Gasteiger partial charge in [-0.25, -0.2) is 8.78 Å². The largest absolute Gasteiger partial charge is 0.306 e. The van der Waals surface area contributed by atoms with E-state index in [-0.39, 0.29) is 5.92 Å². The Morgan fingerprint density at radius 2 is 2.14 bits per heavy atom. The average Bonchev–Trinajstić information content (AvgIpc) is 2.58. The molecule has 3 heteroatoms. The topological polar surface area (TPSA) is 12.0 Å². The molecule has 0 radical (unpaired) electrons. The van der Waals surface area contributed by atoms with E-state index < -0.39 is 12.0 Å². The fourth-order valence-corrected chi connectivity index (χ4v) is 2.63. The highest BCUT2D eigenvalue weighted by Gasteiger charge is 2.48. The van der Waals surface area contributed by atoms with E-state index in [1.807, 2.05) is 13.8 Å². The second-order valence-corrected chi connectivity index (χ2v) is 4.27. The molecule has 1 N–H and O–H groups in total. The molecule has 0 aromatic heterocycles. The third-order valence-electron chi connectivity index (χ3n) is 3.46. The highest BCUT2D eigenvalue weighted by atomic mass is 19.3. The molecule has 0 aromatic carbocycles. The van der Waals surface area contributed by atoms with Crippen molar-refractivity contribution in [2.24, 2.45) is 5.92 Å². The SMILES string of the molecule is CCCNC1(C(F)F)CCCC1CC. The van der Waals surface area contributed by atoms with E-state index in [2.05, 4.69) is 5.32 Å². The number of halogens is 2. The zero-order valence-corrected chi connectivity index (χ0v) is 9.15. The molecule has 1 aliphatic rings. The van der Waals surface area contributed by atoms with E-state index in [9.17, 15) is 8.78 Å². The van der Waals surface area contributed by atoms with Gasteiger partial charge in [0.05, 0.1) is 5.54 Å². The van der Waals surface area contributed by atoms with Gasteiger partial charge >= 0.3 is 0 Å². The Labute approximate surface area is 85.3 Å². The van der Waals surface area contributed by atoms with Crippen LogP contribution in [0.2, 0.25) is 0 Å². The second kappa shape index (κ2) is 5.06. The number of hydrogen-bond acceptors (Lipinski definition) is 1. The molecule has 1 fully saturated rings. The van der Waals surface area contributed by atoms with E-state index in [4.69, 9.17) is 0 Å². The highest BCUT2D eigenvalue weighted by molar-refractivity contribution is 5.00. The number of rotatable bonds is 5. The molecule has 1 rings (SSSR count). The summed E-state index contributed by atoms with van der Waals surface area (Å²) in [6, 6.07) is 0. The maximum absolute atomic E-state index is 13.1. The quantitative estimate of drug-likeness (QED) is 0.726. The maximum atomic E-state index is 13.1. The molecule has 0 aromatic rings. The first-order chi connectivity index (χ1) is 6.67. The van der Waals surface area contributed by atoms with Crippen LogP contribution in [0.3, 0.4) is 0 Å². The Balaban J connectivity index is 2.69. The van der Waals surface area contributed by atoms with Crippen LogP contribution in [-0.4, -0.2) is 18.5 Å². The Morgan fingerprint density at radius 1 is 1.43 bits per heavy atom. The minimum atomic E-state index is -2.22. The summed E-state index contributed by atoms with van der Waals surface area (Å²) in [7, 11) is 0. The average molecular weight is 205 g/mol.